The van der Waals surface area contributed by atoms with Crippen molar-refractivity contribution in [1.82, 2.24) is 0 Å². The molecule has 0 unspecified atom stereocenters. The number of carboxylic acids is 1. The Bertz CT molecular complexity index is 558. The Kier molecular flexibility index (Phi) is 3.75. The van der Waals surface area contributed by atoms with Gasteiger partial charge < -0.3 is 5.11 Å². The Morgan fingerprint density at radius 2 is 1.67 bits per heavy atom. The molecule has 7 heteroatoms. The summed E-state index contributed by atoms with van der Waals surface area (Å²) in [5, 5.41) is 8.84. The average Bonchev–Trinajstić information content (AvgIpc) is 2.13. The third kappa shape index (κ3) is 2.84. The molecular formula is C11H12F2O4S. The van der Waals surface area contributed by atoms with Crippen LogP contribution in [0.15, 0.2) is 18.2 Å². The zero-order valence-corrected chi connectivity index (χ0v) is 10.6. The Labute approximate surface area is 103 Å². The van der Waals surface area contributed by atoms with Gasteiger partial charge in [0.05, 0.1) is 5.75 Å². The number of rotatable bonds is 4. The summed E-state index contributed by atoms with van der Waals surface area (Å²) in [4.78, 5) is 10.9. The van der Waals surface area contributed by atoms with Crippen LogP contribution in [-0.2, 0) is 20.4 Å². The fraction of sp³-hybridized carbons (Fsp3) is 0.364. The van der Waals surface area contributed by atoms with Crippen LogP contribution < -0.4 is 0 Å². The molecule has 0 amide bonds. The van der Waals surface area contributed by atoms with E-state index in [0.717, 1.165) is 26.0 Å². The summed E-state index contributed by atoms with van der Waals surface area (Å²) >= 11 is 0. The molecule has 1 aromatic rings. The van der Waals surface area contributed by atoms with Crippen LogP contribution in [0.2, 0.25) is 0 Å². The van der Waals surface area contributed by atoms with Crippen LogP contribution >= 0.6 is 0 Å². The number of benzene rings is 1. The van der Waals surface area contributed by atoms with Gasteiger partial charge in [-0.2, -0.15) is 0 Å². The van der Waals surface area contributed by atoms with E-state index in [0.29, 0.717) is 6.07 Å². The van der Waals surface area contributed by atoms with E-state index in [4.69, 9.17) is 5.11 Å². The topological polar surface area (TPSA) is 71.4 Å². The summed E-state index contributed by atoms with van der Waals surface area (Å²) in [5.41, 5.74) is -0.123. The first kappa shape index (κ1) is 14.6. The second kappa shape index (κ2) is 4.64. The first-order chi connectivity index (χ1) is 8.06. The van der Waals surface area contributed by atoms with Crippen LogP contribution in [0.3, 0.4) is 0 Å². The van der Waals surface area contributed by atoms with Crippen molar-refractivity contribution in [3.63, 3.8) is 0 Å². The third-order valence-corrected chi connectivity index (χ3v) is 5.01. The van der Waals surface area contributed by atoms with Crippen LogP contribution in [0.1, 0.15) is 19.4 Å². The lowest BCUT2D eigenvalue weighted by atomic mass is 10.2. The molecule has 0 heterocycles. The van der Waals surface area contributed by atoms with Gasteiger partial charge in [-0.1, -0.05) is 0 Å². The number of carboxylic acid groups (broad SMARTS) is 1. The molecule has 0 aromatic heterocycles. The highest BCUT2D eigenvalue weighted by Crippen LogP contribution is 2.22. The van der Waals surface area contributed by atoms with Gasteiger partial charge in [0, 0.05) is 6.07 Å². The lowest BCUT2D eigenvalue weighted by Crippen LogP contribution is -2.41. The van der Waals surface area contributed by atoms with E-state index in [1.165, 1.54) is 0 Å². The van der Waals surface area contributed by atoms with E-state index in [1.54, 1.807) is 0 Å². The van der Waals surface area contributed by atoms with Crippen molar-refractivity contribution in [2.24, 2.45) is 0 Å². The Hall–Kier alpha value is -1.50. The quantitative estimate of drug-likeness (QED) is 0.910. The summed E-state index contributed by atoms with van der Waals surface area (Å²) < 4.78 is 47.5. The number of aliphatic carboxylic acids is 1. The van der Waals surface area contributed by atoms with E-state index in [1.807, 2.05) is 0 Å². The second-order valence-electron chi connectivity index (χ2n) is 4.35. The molecule has 0 radical (unpaired) electrons. The van der Waals surface area contributed by atoms with Crippen LogP contribution in [0, 0.1) is 11.6 Å². The molecule has 1 rings (SSSR count). The molecule has 0 spiro atoms. The highest BCUT2D eigenvalue weighted by atomic mass is 32.2. The summed E-state index contributed by atoms with van der Waals surface area (Å²) in [5.74, 6) is -4.07. The first-order valence-electron chi connectivity index (χ1n) is 4.97. The number of hydrogen-bond acceptors (Lipinski definition) is 3. The molecule has 0 fully saturated rings. The smallest absolute Gasteiger partial charge is 0.324 e. The predicted molar refractivity (Wildman–Crippen MR) is 60.7 cm³/mol. The van der Waals surface area contributed by atoms with E-state index in [2.05, 4.69) is 0 Å². The molecular weight excluding hydrogens is 266 g/mol. The largest absolute Gasteiger partial charge is 0.480 e. The molecule has 0 bridgehead atoms. The van der Waals surface area contributed by atoms with Gasteiger partial charge >= 0.3 is 5.97 Å². The van der Waals surface area contributed by atoms with Gasteiger partial charge in [0.2, 0.25) is 0 Å². The van der Waals surface area contributed by atoms with Crippen LogP contribution in [0.25, 0.3) is 0 Å². The highest BCUT2D eigenvalue weighted by Gasteiger charge is 2.41. The van der Waals surface area contributed by atoms with Crippen molar-refractivity contribution in [2.75, 3.05) is 0 Å². The van der Waals surface area contributed by atoms with E-state index in [-0.39, 0.29) is 5.56 Å². The molecule has 0 aliphatic heterocycles. The first-order valence-corrected chi connectivity index (χ1v) is 6.62. The van der Waals surface area contributed by atoms with Gasteiger partial charge in [-0.3, -0.25) is 4.79 Å². The van der Waals surface area contributed by atoms with E-state index >= 15 is 0 Å². The maximum atomic E-state index is 12.9. The van der Waals surface area contributed by atoms with Crippen molar-refractivity contribution < 1.29 is 27.1 Å². The second-order valence-corrected chi connectivity index (χ2v) is 6.89. The molecule has 1 aromatic carbocycles. The lowest BCUT2D eigenvalue weighted by molar-refractivity contribution is -0.139. The molecule has 4 nitrogen and oxygen atoms in total. The Balaban J connectivity index is 3.14. The molecule has 18 heavy (non-hydrogen) atoms. The van der Waals surface area contributed by atoms with Crippen molar-refractivity contribution in [3.05, 3.63) is 35.4 Å². The monoisotopic (exact) mass is 278 g/mol. The SMILES string of the molecule is CC(C)(C(=O)O)S(=O)(=O)Cc1cc(F)cc(F)c1. The minimum atomic E-state index is -4.08. The number of carbonyl (C=O) groups is 1. The molecule has 0 aliphatic rings. The number of hydrogen-bond donors (Lipinski definition) is 1. The highest BCUT2D eigenvalue weighted by molar-refractivity contribution is 7.92. The van der Waals surface area contributed by atoms with Gasteiger partial charge in [0.25, 0.3) is 0 Å². The van der Waals surface area contributed by atoms with Crippen LogP contribution in [-0.4, -0.2) is 24.2 Å². The zero-order valence-electron chi connectivity index (χ0n) is 9.78. The molecule has 0 aliphatic carbocycles. The van der Waals surface area contributed by atoms with Crippen molar-refractivity contribution in [3.8, 4) is 0 Å². The van der Waals surface area contributed by atoms with Gasteiger partial charge in [-0.15, -0.1) is 0 Å². The number of halogens is 2. The average molecular weight is 278 g/mol. The van der Waals surface area contributed by atoms with Crippen molar-refractivity contribution >= 4 is 15.8 Å². The Morgan fingerprint density at radius 3 is 2.06 bits per heavy atom. The summed E-state index contributed by atoms with van der Waals surface area (Å²) in [6.45, 7) is 2.06. The van der Waals surface area contributed by atoms with E-state index in [9.17, 15) is 22.0 Å². The van der Waals surface area contributed by atoms with Crippen LogP contribution in [0.5, 0.6) is 0 Å². The maximum absolute atomic E-state index is 12.9. The normalized spacial score (nSPS) is 12.4. The molecule has 1 N–H and O–H groups in total. The molecule has 100 valence electrons. The minimum Gasteiger partial charge on any atom is -0.480 e. The maximum Gasteiger partial charge on any atom is 0.324 e. The fourth-order valence-electron chi connectivity index (χ4n) is 1.23. The molecule has 0 atom stereocenters. The number of sulfone groups is 1. The summed E-state index contributed by atoms with van der Waals surface area (Å²) in [6, 6.07) is 2.33. The summed E-state index contributed by atoms with van der Waals surface area (Å²) in [7, 11) is -4.08. The Morgan fingerprint density at radius 1 is 1.22 bits per heavy atom. The van der Waals surface area contributed by atoms with E-state index < -0.39 is 37.9 Å². The zero-order chi connectivity index (χ0) is 14.1. The third-order valence-electron chi connectivity index (χ3n) is 2.57. The lowest BCUT2D eigenvalue weighted by Gasteiger charge is -2.19. The minimum absolute atomic E-state index is 0.123. The van der Waals surface area contributed by atoms with Gasteiger partial charge in [0.1, 0.15) is 11.6 Å². The molecule has 0 saturated carbocycles. The van der Waals surface area contributed by atoms with Gasteiger partial charge in [-0.25, -0.2) is 17.2 Å². The standard InChI is InChI=1S/C11H12F2O4S/c1-11(2,10(14)15)18(16,17)6-7-3-8(12)5-9(13)4-7/h3-5H,6H2,1-2H3,(H,14,15). The van der Waals surface area contributed by atoms with Crippen LogP contribution in [0.4, 0.5) is 8.78 Å². The fourth-order valence-corrected chi connectivity index (χ4v) is 2.46. The van der Waals surface area contributed by atoms with Gasteiger partial charge in [0.15, 0.2) is 14.6 Å². The van der Waals surface area contributed by atoms with Crippen molar-refractivity contribution in [1.29, 1.82) is 0 Å². The van der Waals surface area contributed by atoms with Gasteiger partial charge in [-0.05, 0) is 31.5 Å². The molecule has 0 saturated heterocycles. The predicted octanol–water partition coefficient (Wildman–Crippen LogP) is 1.74. The van der Waals surface area contributed by atoms with Crippen molar-refractivity contribution in [2.45, 2.75) is 24.3 Å². The summed E-state index contributed by atoms with van der Waals surface area (Å²) in [6.07, 6.45) is 0.